The molecule has 1 spiro atoms. The second-order valence-electron chi connectivity index (χ2n) is 14.9. The number of hydrogen-bond acceptors (Lipinski definition) is 13. The molecule has 23 heteroatoms. The van der Waals surface area contributed by atoms with E-state index in [9.17, 15) is 47.2 Å². The van der Waals surface area contributed by atoms with Crippen molar-refractivity contribution in [3.05, 3.63) is 63.1 Å². The Hall–Kier alpha value is -5.44. The number of carbonyl (C=O) groups is 5. The summed E-state index contributed by atoms with van der Waals surface area (Å²) >= 11 is 0. The molecule has 0 radical (unpaired) electrons. The van der Waals surface area contributed by atoms with Crippen LogP contribution >= 0.6 is 7.82 Å². The maximum Gasteiger partial charge on any atom is 0.472 e. The Labute approximate surface area is 328 Å². The predicted octanol–water partition coefficient (Wildman–Crippen LogP) is 2.66. The molecule has 1 aromatic carbocycles. The molecule has 1 fully saturated rings. The van der Waals surface area contributed by atoms with Gasteiger partial charge in [-0.05, 0) is 38.2 Å². The third-order valence-electron chi connectivity index (χ3n) is 9.78. The molecule has 20 nitrogen and oxygen atoms in total. The summed E-state index contributed by atoms with van der Waals surface area (Å²) in [5.74, 6) is -6.46. The summed E-state index contributed by atoms with van der Waals surface area (Å²) in [7, 11) is -5.01. The van der Waals surface area contributed by atoms with E-state index in [1.807, 2.05) is 6.92 Å². The minimum absolute atomic E-state index is 0.0782. The molecule has 5 rings (SSSR count). The molecule has 2 aromatic rings. The summed E-state index contributed by atoms with van der Waals surface area (Å²) in [5.41, 5.74) is -3.44. The van der Waals surface area contributed by atoms with Crippen LogP contribution in [0.3, 0.4) is 0 Å². The van der Waals surface area contributed by atoms with E-state index in [4.69, 9.17) is 24.1 Å². The van der Waals surface area contributed by atoms with Gasteiger partial charge in [-0.3, -0.25) is 28.9 Å². The number of oxime groups is 1. The Bertz CT molecular complexity index is 2120. The Morgan fingerprint density at radius 3 is 2.52 bits per heavy atom. The monoisotopic (exact) mass is 841 g/mol. The van der Waals surface area contributed by atoms with Crippen molar-refractivity contribution < 1.29 is 75.8 Å². The Balaban J connectivity index is 1.40. The average Bonchev–Trinajstić information content (AvgIpc) is 3.44. The first kappa shape index (κ1) is 43.7. The van der Waals surface area contributed by atoms with Gasteiger partial charge < -0.3 is 48.7 Å². The molecular weight excluding hydrogens is 799 g/mol. The van der Waals surface area contributed by atoms with Gasteiger partial charge in [0.25, 0.3) is 11.8 Å². The first-order valence-electron chi connectivity index (χ1n) is 17.8. The number of benzene rings is 1. The molecule has 4 heterocycles. The summed E-state index contributed by atoms with van der Waals surface area (Å²) in [6.45, 7) is 2.71. The Kier molecular flexibility index (Phi) is 12.9. The lowest BCUT2D eigenvalue weighted by atomic mass is 9.84. The van der Waals surface area contributed by atoms with Crippen molar-refractivity contribution in [3.8, 4) is 5.75 Å². The van der Waals surface area contributed by atoms with Crippen LogP contribution in [-0.4, -0.2) is 110 Å². The van der Waals surface area contributed by atoms with Gasteiger partial charge in [0.15, 0.2) is 11.3 Å². The zero-order chi connectivity index (χ0) is 42.7. The highest BCUT2D eigenvalue weighted by molar-refractivity contribution is 7.46. The summed E-state index contributed by atoms with van der Waals surface area (Å²) in [6.07, 6.45) is 0.717. The number of ether oxygens (including phenoxy) is 3. The number of carboxylic acid groups (broad SMARTS) is 1. The number of carbonyl (C=O) groups excluding carboxylic acids is 4. The first-order chi connectivity index (χ1) is 27.1. The molecular formula is C35H42F2N5O15P. The lowest BCUT2D eigenvalue weighted by molar-refractivity contribution is -0.153. The standard InChI is InChI=1S/C35H42F2N5O15P/c1-19-10-35(57-39-19)8-7-20(2)41-14-25(35)42-13-23(31(47)38-12-21-5-6-22(36)9-24(21)37)29(46)30(28(42)32(41)48)54-17-53-27(45)11-34(3,4)16-40(15-26(43)44)33(49)55-18-56-58(50,51)52/h5-6,9,13,20,25H,7-8,10-12,14-18H2,1-4H3,(H,38,47)(H,43,44)(H2,50,51,52)/t20-,25+,35-/m0/s1. The lowest BCUT2D eigenvalue weighted by Crippen LogP contribution is -2.52. The SMILES string of the molecule is CC1=NO[C@@]2(CC[C@H](C)N3C[C@H]2n2cc(C(=O)NCc4ccc(F)cc4F)c(=O)c(OCOC(=O)CC(C)(C)CN(CC(=O)O)C(=O)OCOP(=O)(O)O)c2C3=O)C1. The zero-order valence-electron chi connectivity index (χ0n) is 31.8. The molecule has 3 aliphatic heterocycles. The van der Waals surface area contributed by atoms with Gasteiger partial charge in [-0.25, -0.2) is 22.7 Å². The van der Waals surface area contributed by atoms with E-state index in [0.29, 0.717) is 35.9 Å². The van der Waals surface area contributed by atoms with Crippen molar-refractivity contribution in [1.29, 1.82) is 0 Å². The van der Waals surface area contributed by atoms with Crippen molar-refractivity contribution in [3.63, 3.8) is 0 Å². The number of nitrogens with one attached hydrogen (secondary N) is 1. The van der Waals surface area contributed by atoms with Crippen LogP contribution in [0.2, 0.25) is 0 Å². The fraction of sp³-hybridized carbons (Fsp3) is 0.514. The maximum absolute atomic E-state index is 14.4. The molecule has 1 aromatic heterocycles. The molecule has 316 valence electrons. The van der Waals surface area contributed by atoms with Crippen molar-refractivity contribution in [2.45, 2.75) is 77.6 Å². The number of phosphoric acid groups is 1. The highest BCUT2D eigenvalue weighted by Gasteiger charge is 2.54. The normalized spacial score (nSPS) is 20.0. The van der Waals surface area contributed by atoms with E-state index in [2.05, 4.69) is 19.7 Å². The molecule has 0 aliphatic carbocycles. The molecule has 3 amide bonds. The smallest absolute Gasteiger partial charge is 0.472 e. The highest BCUT2D eigenvalue weighted by atomic mass is 31.2. The van der Waals surface area contributed by atoms with Gasteiger partial charge in [0, 0.05) is 49.9 Å². The average molecular weight is 842 g/mol. The number of aliphatic carboxylic acids is 1. The number of rotatable bonds is 15. The van der Waals surface area contributed by atoms with E-state index in [1.165, 1.54) is 24.6 Å². The van der Waals surface area contributed by atoms with Crippen LogP contribution in [0.1, 0.15) is 85.8 Å². The number of fused-ring (bicyclic) bond motifs is 5. The van der Waals surface area contributed by atoms with Gasteiger partial charge in [-0.1, -0.05) is 25.1 Å². The van der Waals surface area contributed by atoms with E-state index in [1.54, 1.807) is 11.8 Å². The van der Waals surface area contributed by atoms with Crippen LogP contribution < -0.4 is 15.5 Å². The van der Waals surface area contributed by atoms with Gasteiger partial charge >= 0.3 is 25.9 Å². The molecule has 58 heavy (non-hydrogen) atoms. The third-order valence-corrected chi connectivity index (χ3v) is 10.2. The van der Waals surface area contributed by atoms with Gasteiger partial charge in [0.2, 0.25) is 24.8 Å². The van der Waals surface area contributed by atoms with E-state index < -0.39 is 123 Å². The molecule has 3 atom stereocenters. The number of esters is 1. The van der Waals surface area contributed by atoms with Gasteiger partial charge in [-0.15, -0.1) is 0 Å². The fourth-order valence-corrected chi connectivity index (χ4v) is 7.29. The lowest BCUT2D eigenvalue weighted by Gasteiger charge is -2.42. The summed E-state index contributed by atoms with van der Waals surface area (Å²) in [5, 5.41) is 15.9. The fourth-order valence-electron chi connectivity index (χ4n) is 7.10. The summed E-state index contributed by atoms with van der Waals surface area (Å²) < 4.78 is 59.8. The van der Waals surface area contributed by atoms with Crippen LogP contribution in [0.5, 0.6) is 5.75 Å². The van der Waals surface area contributed by atoms with Gasteiger partial charge in [0.05, 0.1) is 18.2 Å². The van der Waals surface area contributed by atoms with Gasteiger partial charge in [0.1, 0.15) is 23.7 Å². The Morgan fingerprint density at radius 1 is 1.16 bits per heavy atom. The minimum atomic E-state index is -5.01. The number of hydrogen-bond donors (Lipinski definition) is 4. The minimum Gasteiger partial charge on any atom is -0.480 e. The van der Waals surface area contributed by atoms with E-state index in [-0.39, 0.29) is 23.8 Å². The number of nitrogens with zero attached hydrogens (tertiary/aromatic N) is 4. The number of pyridine rings is 1. The first-order valence-corrected chi connectivity index (χ1v) is 19.3. The zero-order valence-corrected chi connectivity index (χ0v) is 32.7. The largest absolute Gasteiger partial charge is 0.480 e. The van der Waals surface area contributed by atoms with Crippen LogP contribution in [-0.2, 0) is 39.5 Å². The maximum atomic E-state index is 14.4. The second-order valence-corrected chi connectivity index (χ2v) is 16.2. The molecule has 0 saturated carbocycles. The molecule has 2 bridgehead atoms. The summed E-state index contributed by atoms with van der Waals surface area (Å²) in [6, 6.07) is 1.74. The number of amides is 3. The predicted molar refractivity (Wildman–Crippen MR) is 192 cm³/mol. The highest BCUT2D eigenvalue weighted by Crippen LogP contribution is 2.46. The molecule has 4 N–H and O–H groups in total. The second kappa shape index (κ2) is 17.2. The van der Waals surface area contributed by atoms with Crippen molar-refractivity contribution in [2.24, 2.45) is 10.6 Å². The molecule has 3 aliphatic rings. The quantitative estimate of drug-likeness (QED) is 0.114. The molecule has 1 saturated heterocycles. The van der Waals surface area contributed by atoms with Crippen LogP contribution in [0, 0.1) is 17.0 Å². The van der Waals surface area contributed by atoms with E-state index >= 15 is 0 Å². The third kappa shape index (κ3) is 10.2. The van der Waals surface area contributed by atoms with Crippen molar-refractivity contribution in [1.82, 2.24) is 19.7 Å². The Morgan fingerprint density at radius 2 is 1.88 bits per heavy atom. The van der Waals surface area contributed by atoms with Crippen LogP contribution in [0.25, 0.3) is 0 Å². The summed E-state index contributed by atoms with van der Waals surface area (Å²) in [4.78, 5) is 105. The number of carboxylic acids is 1. The topological polar surface area (TPSA) is 262 Å². The van der Waals surface area contributed by atoms with Crippen molar-refractivity contribution >= 4 is 43.4 Å². The van der Waals surface area contributed by atoms with Crippen LogP contribution in [0.15, 0.2) is 34.3 Å². The number of phosphoric ester groups is 1. The number of halogens is 2. The van der Waals surface area contributed by atoms with E-state index in [0.717, 1.165) is 12.1 Å². The van der Waals surface area contributed by atoms with Gasteiger partial charge in [-0.2, -0.15) is 0 Å². The van der Waals surface area contributed by atoms with Crippen molar-refractivity contribution in [2.75, 3.05) is 33.2 Å². The molecule has 0 unspecified atom stereocenters. The van der Waals surface area contributed by atoms with Crippen LogP contribution in [0.4, 0.5) is 13.6 Å². The number of aromatic nitrogens is 1.